The molecule has 1 aliphatic rings. The van der Waals surface area contributed by atoms with E-state index in [-0.39, 0.29) is 36.7 Å². The van der Waals surface area contributed by atoms with Gasteiger partial charge < -0.3 is 13.9 Å². The van der Waals surface area contributed by atoms with E-state index in [4.69, 9.17) is 9.05 Å². The fourth-order valence-electron chi connectivity index (χ4n) is 2.73. The fourth-order valence-corrected chi connectivity index (χ4v) is 6.12. The van der Waals surface area contributed by atoms with Gasteiger partial charge in [-0.2, -0.15) is 0 Å². The summed E-state index contributed by atoms with van der Waals surface area (Å²) >= 11 is 0. The molecule has 0 radical (unpaired) electrons. The highest BCUT2D eigenvalue weighted by atomic mass is 32.2. The van der Waals surface area contributed by atoms with Crippen LogP contribution in [0.4, 0.5) is 0 Å². The van der Waals surface area contributed by atoms with Crippen LogP contribution in [0.5, 0.6) is 0 Å². The van der Waals surface area contributed by atoms with E-state index >= 15 is 0 Å². The van der Waals surface area contributed by atoms with Crippen molar-refractivity contribution in [2.45, 2.75) is 52.2 Å². The first kappa shape index (κ1) is 20.6. The van der Waals surface area contributed by atoms with Crippen molar-refractivity contribution in [1.82, 2.24) is 4.90 Å². The first-order chi connectivity index (χ1) is 10.7. The normalized spacial score (nSPS) is 22.0. The van der Waals surface area contributed by atoms with Crippen molar-refractivity contribution < 1.29 is 26.8 Å². The zero-order valence-electron chi connectivity index (χ0n) is 14.4. The largest absolute Gasteiger partial charge is 0.342 e. The third kappa shape index (κ3) is 5.28. The second-order valence-corrected chi connectivity index (χ2v) is 10.2. The van der Waals surface area contributed by atoms with E-state index in [1.165, 1.54) is 6.92 Å². The molecule has 0 aromatic rings. The van der Waals surface area contributed by atoms with Crippen LogP contribution in [0.15, 0.2) is 0 Å². The number of hydrogen-bond acceptors (Lipinski definition) is 6. The third-order valence-electron chi connectivity index (χ3n) is 3.85. The number of nitrogens with zero attached hydrogens (tertiary/aromatic N) is 1. The van der Waals surface area contributed by atoms with Gasteiger partial charge in [-0.25, -0.2) is 8.42 Å². The number of sulfone groups is 1. The molecule has 2 unspecified atom stereocenters. The van der Waals surface area contributed by atoms with Crippen LogP contribution in [0.3, 0.4) is 0 Å². The second-order valence-electron chi connectivity index (χ2n) is 5.64. The van der Waals surface area contributed by atoms with Gasteiger partial charge in [0.25, 0.3) is 0 Å². The molecule has 2 atom stereocenters. The molecule has 0 aliphatic carbocycles. The summed E-state index contributed by atoms with van der Waals surface area (Å²) in [5.41, 5.74) is -0.947. The van der Waals surface area contributed by atoms with Crippen LogP contribution in [0.2, 0.25) is 0 Å². The second kappa shape index (κ2) is 8.60. The Morgan fingerprint density at radius 3 is 2.22 bits per heavy atom. The SMILES string of the molecule is CCCN(C(=O)C(C)P(=O)(OCC)OCC)C1CCS(=O)(=O)C1. The lowest BCUT2D eigenvalue weighted by atomic mass is 10.2. The predicted octanol–water partition coefficient (Wildman–Crippen LogP) is 2.07. The minimum absolute atomic E-state index is 0.0287. The van der Waals surface area contributed by atoms with Gasteiger partial charge in [0.05, 0.1) is 24.7 Å². The van der Waals surface area contributed by atoms with Crippen molar-refractivity contribution in [2.24, 2.45) is 0 Å². The highest BCUT2D eigenvalue weighted by molar-refractivity contribution is 7.91. The highest BCUT2D eigenvalue weighted by Gasteiger charge is 2.43. The molecular formula is C14H28NO6PS. The monoisotopic (exact) mass is 369 g/mol. The summed E-state index contributed by atoms with van der Waals surface area (Å²) in [6, 6.07) is -0.355. The molecule has 0 bridgehead atoms. The highest BCUT2D eigenvalue weighted by Crippen LogP contribution is 2.53. The summed E-state index contributed by atoms with van der Waals surface area (Å²) in [5.74, 6) is -0.299. The zero-order chi connectivity index (χ0) is 17.7. The standard InChI is InChI=1S/C14H28NO6PS/c1-5-9-15(13-8-10-23(18,19)11-13)14(16)12(4)22(17,20-6-2)21-7-3/h12-13H,5-11H2,1-4H3. The topological polar surface area (TPSA) is 90.0 Å². The van der Waals surface area contributed by atoms with E-state index < -0.39 is 23.1 Å². The molecule has 1 rings (SSSR count). The van der Waals surface area contributed by atoms with Crippen LogP contribution in [-0.2, 0) is 28.2 Å². The number of carbonyl (C=O) groups is 1. The first-order valence-electron chi connectivity index (χ1n) is 8.10. The van der Waals surface area contributed by atoms with Crippen molar-refractivity contribution >= 4 is 23.3 Å². The predicted molar refractivity (Wildman–Crippen MR) is 89.4 cm³/mol. The Balaban J connectivity index is 2.98. The van der Waals surface area contributed by atoms with Gasteiger partial charge in [-0.3, -0.25) is 9.36 Å². The fraction of sp³-hybridized carbons (Fsp3) is 0.929. The van der Waals surface area contributed by atoms with Crippen LogP contribution >= 0.6 is 7.60 Å². The zero-order valence-corrected chi connectivity index (χ0v) is 16.1. The molecule has 0 aromatic heterocycles. The number of carbonyl (C=O) groups excluding carboxylic acids is 1. The molecule has 1 fully saturated rings. The van der Waals surface area contributed by atoms with Gasteiger partial charge in [-0.1, -0.05) is 6.92 Å². The van der Waals surface area contributed by atoms with Gasteiger partial charge in [-0.15, -0.1) is 0 Å². The Bertz CT molecular complexity index is 539. The van der Waals surface area contributed by atoms with E-state index in [1.807, 2.05) is 6.92 Å². The smallest absolute Gasteiger partial charge is 0.338 e. The molecule has 0 saturated carbocycles. The molecule has 1 aliphatic heterocycles. The average molecular weight is 369 g/mol. The van der Waals surface area contributed by atoms with Gasteiger partial charge in [0.1, 0.15) is 5.66 Å². The maximum absolute atomic E-state index is 12.8. The molecule has 1 heterocycles. The Hall–Kier alpha value is -0.430. The van der Waals surface area contributed by atoms with E-state index in [1.54, 1.807) is 18.7 Å². The van der Waals surface area contributed by atoms with E-state index in [0.29, 0.717) is 19.4 Å². The van der Waals surface area contributed by atoms with Crippen molar-refractivity contribution in [2.75, 3.05) is 31.3 Å². The Kier molecular flexibility index (Phi) is 7.71. The Labute approximate surface area is 139 Å². The quantitative estimate of drug-likeness (QED) is 0.578. The van der Waals surface area contributed by atoms with Crippen LogP contribution in [0.25, 0.3) is 0 Å². The van der Waals surface area contributed by atoms with E-state index in [0.717, 1.165) is 0 Å². The van der Waals surface area contributed by atoms with Gasteiger partial charge in [-0.05, 0) is 33.6 Å². The lowest BCUT2D eigenvalue weighted by Crippen LogP contribution is -2.46. The van der Waals surface area contributed by atoms with Gasteiger partial charge in [0.2, 0.25) is 5.91 Å². The molecule has 1 amide bonds. The molecule has 0 spiro atoms. The Morgan fingerprint density at radius 2 is 1.83 bits per heavy atom. The lowest BCUT2D eigenvalue weighted by molar-refractivity contribution is -0.132. The molecule has 0 N–H and O–H groups in total. The minimum Gasteiger partial charge on any atom is -0.338 e. The molecule has 0 aromatic carbocycles. The molecule has 7 nitrogen and oxygen atoms in total. The molecular weight excluding hydrogens is 341 g/mol. The van der Waals surface area contributed by atoms with E-state index in [9.17, 15) is 17.8 Å². The van der Waals surface area contributed by atoms with Crippen LogP contribution in [-0.4, -0.2) is 62.2 Å². The molecule has 9 heteroatoms. The lowest BCUT2D eigenvalue weighted by Gasteiger charge is -2.32. The van der Waals surface area contributed by atoms with Crippen LogP contribution < -0.4 is 0 Å². The van der Waals surface area contributed by atoms with Crippen LogP contribution in [0, 0.1) is 0 Å². The summed E-state index contributed by atoms with van der Waals surface area (Å²) in [6.07, 6.45) is 1.12. The Morgan fingerprint density at radius 1 is 1.26 bits per heavy atom. The van der Waals surface area contributed by atoms with Gasteiger partial charge >= 0.3 is 7.60 Å². The van der Waals surface area contributed by atoms with Gasteiger partial charge in [0.15, 0.2) is 9.84 Å². The first-order valence-corrected chi connectivity index (χ1v) is 11.5. The maximum Gasteiger partial charge on any atom is 0.342 e. The molecule has 1 saturated heterocycles. The van der Waals surface area contributed by atoms with Crippen molar-refractivity contribution in [3.05, 3.63) is 0 Å². The third-order valence-corrected chi connectivity index (χ3v) is 8.00. The minimum atomic E-state index is -3.56. The summed E-state index contributed by atoms with van der Waals surface area (Å²) in [7, 11) is -6.66. The van der Waals surface area contributed by atoms with Crippen molar-refractivity contribution in [3.8, 4) is 0 Å². The summed E-state index contributed by atoms with van der Waals surface area (Å²) in [4.78, 5) is 14.4. The molecule has 136 valence electrons. The number of amides is 1. The molecule has 23 heavy (non-hydrogen) atoms. The number of rotatable bonds is 9. The van der Waals surface area contributed by atoms with Crippen molar-refractivity contribution in [3.63, 3.8) is 0 Å². The summed E-state index contributed by atoms with van der Waals surface area (Å²) < 4.78 is 46.7. The average Bonchev–Trinajstić information content (AvgIpc) is 2.83. The number of hydrogen-bond donors (Lipinski definition) is 0. The van der Waals surface area contributed by atoms with Crippen LogP contribution in [0.1, 0.15) is 40.5 Å². The summed E-state index contributed by atoms with van der Waals surface area (Å²) in [6.45, 7) is 7.62. The van der Waals surface area contributed by atoms with E-state index in [2.05, 4.69) is 0 Å². The van der Waals surface area contributed by atoms with Crippen molar-refractivity contribution in [1.29, 1.82) is 0 Å². The van der Waals surface area contributed by atoms with Gasteiger partial charge in [0, 0.05) is 12.6 Å². The summed E-state index contributed by atoms with van der Waals surface area (Å²) in [5, 5.41) is 0. The maximum atomic E-state index is 12.8.